The van der Waals surface area contributed by atoms with Crippen molar-refractivity contribution in [3.8, 4) is 0 Å². The van der Waals surface area contributed by atoms with Gasteiger partial charge in [-0.05, 0) is 48.9 Å². The zero-order chi connectivity index (χ0) is 23.9. The predicted octanol–water partition coefficient (Wildman–Crippen LogP) is 5.28. The molecule has 1 amide bonds. The average molecular weight is 548 g/mol. The Morgan fingerprint density at radius 2 is 1.91 bits per heavy atom. The second-order valence-corrected chi connectivity index (χ2v) is 9.46. The van der Waals surface area contributed by atoms with E-state index in [0.717, 1.165) is 15.8 Å². The molecule has 1 aromatic heterocycles. The van der Waals surface area contributed by atoms with E-state index in [1.165, 1.54) is 12.0 Å². The maximum Gasteiger partial charge on any atom is 0.350 e. The van der Waals surface area contributed by atoms with E-state index in [-0.39, 0.29) is 21.3 Å². The molecule has 0 spiro atoms. The lowest BCUT2D eigenvalue weighted by atomic mass is 9.95. The monoisotopic (exact) mass is 546 g/mol. The van der Waals surface area contributed by atoms with Gasteiger partial charge in [-0.1, -0.05) is 51.0 Å². The summed E-state index contributed by atoms with van der Waals surface area (Å²) in [6.07, 6.45) is 0. The molecule has 2 heterocycles. The average Bonchev–Trinajstić information content (AvgIpc) is 3.30. The van der Waals surface area contributed by atoms with E-state index in [0.29, 0.717) is 21.8 Å². The first-order valence-corrected chi connectivity index (χ1v) is 11.6. The van der Waals surface area contributed by atoms with Crippen molar-refractivity contribution in [1.29, 1.82) is 0 Å². The van der Waals surface area contributed by atoms with Gasteiger partial charge in [0.15, 0.2) is 5.13 Å². The number of halogens is 2. The molecular formula is C23H16BrClN2O5S. The Hall–Kier alpha value is -3.01. The minimum Gasteiger partial charge on any atom is -0.507 e. The minimum atomic E-state index is -0.964. The van der Waals surface area contributed by atoms with Gasteiger partial charge in [0.2, 0.25) is 0 Å². The zero-order valence-corrected chi connectivity index (χ0v) is 20.5. The van der Waals surface area contributed by atoms with E-state index in [1.807, 2.05) is 0 Å². The summed E-state index contributed by atoms with van der Waals surface area (Å²) < 4.78 is 5.51. The number of benzene rings is 2. The van der Waals surface area contributed by atoms with Crippen LogP contribution in [-0.4, -0.2) is 34.9 Å². The predicted molar refractivity (Wildman–Crippen MR) is 129 cm³/mol. The van der Waals surface area contributed by atoms with Crippen molar-refractivity contribution in [3.05, 3.63) is 85.3 Å². The number of hydrogen-bond acceptors (Lipinski definition) is 7. The molecule has 0 radical (unpaired) electrons. The molecule has 1 N–H and O–H groups in total. The number of amides is 1. The first-order chi connectivity index (χ1) is 15.7. The standard InChI is InChI=1S/C23H16BrClN2O5S/c1-11-20(22(31)32-2)33-23(26-11)27-17(13-4-3-5-14(24)10-13)16(19(29)21(27)30)18(28)12-6-8-15(25)9-7-12/h3-10,17,28H,1-2H3/b18-16+/t17-/m0/s1. The summed E-state index contributed by atoms with van der Waals surface area (Å²) in [5.74, 6) is -2.65. The zero-order valence-electron chi connectivity index (χ0n) is 17.3. The molecule has 168 valence electrons. The Bertz CT molecular complexity index is 1320. The third kappa shape index (κ3) is 4.19. The summed E-state index contributed by atoms with van der Waals surface area (Å²) in [5, 5.41) is 11.7. The van der Waals surface area contributed by atoms with Crippen LogP contribution in [0.15, 0.2) is 58.6 Å². The molecule has 4 rings (SSSR count). The molecule has 1 fully saturated rings. The Morgan fingerprint density at radius 1 is 1.21 bits per heavy atom. The molecule has 0 aliphatic carbocycles. The van der Waals surface area contributed by atoms with Crippen LogP contribution in [0.4, 0.5) is 5.13 Å². The number of thiazole rings is 1. The second kappa shape index (κ2) is 9.09. The lowest BCUT2D eigenvalue weighted by Gasteiger charge is -2.23. The van der Waals surface area contributed by atoms with Crippen LogP contribution in [0, 0.1) is 6.92 Å². The largest absolute Gasteiger partial charge is 0.507 e. The number of esters is 1. The smallest absolute Gasteiger partial charge is 0.350 e. The van der Waals surface area contributed by atoms with Crippen molar-refractivity contribution < 1.29 is 24.2 Å². The van der Waals surface area contributed by atoms with Crippen LogP contribution in [0.5, 0.6) is 0 Å². The normalized spacial score (nSPS) is 17.5. The Morgan fingerprint density at radius 3 is 2.55 bits per heavy atom. The fraction of sp³-hybridized carbons (Fsp3) is 0.130. The number of ether oxygens (including phenoxy) is 1. The van der Waals surface area contributed by atoms with Crippen LogP contribution in [-0.2, 0) is 14.3 Å². The van der Waals surface area contributed by atoms with E-state index in [9.17, 15) is 19.5 Å². The summed E-state index contributed by atoms with van der Waals surface area (Å²) in [4.78, 5) is 44.2. The summed E-state index contributed by atoms with van der Waals surface area (Å²) in [7, 11) is 1.25. The van der Waals surface area contributed by atoms with E-state index in [1.54, 1.807) is 55.5 Å². The third-order valence-electron chi connectivity index (χ3n) is 5.09. The van der Waals surface area contributed by atoms with Crippen molar-refractivity contribution >= 4 is 67.4 Å². The number of Topliss-reactive ketones (excluding diaryl/α,β-unsaturated/α-hetero) is 1. The quantitative estimate of drug-likeness (QED) is 0.207. The number of rotatable bonds is 4. The molecule has 10 heteroatoms. The van der Waals surface area contributed by atoms with E-state index in [4.69, 9.17) is 16.3 Å². The number of carbonyl (C=O) groups excluding carboxylic acids is 3. The maximum atomic E-state index is 13.2. The summed E-state index contributed by atoms with van der Waals surface area (Å²) in [5.41, 5.74) is 1.19. The SMILES string of the molecule is COC(=O)c1sc(N2C(=O)C(=O)/C(=C(/O)c3ccc(Cl)cc3)[C@@H]2c2cccc(Br)c2)nc1C. The number of aliphatic hydroxyl groups is 1. The first-order valence-electron chi connectivity index (χ1n) is 9.61. The third-order valence-corrected chi connectivity index (χ3v) is 6.97. The van der Waals surface area contributed by atoms with Gasteiger partial charge >= 0.3 is 11.9 Å². The number of ketones is 1. The summed E-state index contributed by atoms with van der Waals surface area (Å²) in [6, 6.07) is 12.4. The van der Waals surface area contributed by atoms with Crippen LogP contribution in [0.3, 0.4) is 0 Å². The van der Waals surface area contributed by atoms with Gasteiger partial charge in [0.25, 0.3) is 5.78 Å². The first kappa shape index (κ1) is 23.2. The molecular weight excluding hydrogens is 532 g/mol. The van der Waals surface area contributed by atoms with Gasteiger partial charge in [-0.25, -0.2) is 9.78 Å². The van der Waals surface area contributed by atoms with Crippen molar-refractivity contribution in [2.24, 2.45) is 0 Å². The van der Waals surface area contributed by atoms with Gasteiger partial charge in [0.1, 0.15) is 10.6 Å². The molecule has 1 saturated heterocycles. The van der Waals surface area contributed by atoms with Crippen LogP contribution in [0.2, 0.25) is 5.02 Å². The Balaban J connectivity index is 1.94. The Labute approximate surface area is 206 Å². The van der Waals surface area contributed by atoms with Gasteiger partial charge in [-0.2, -0.15) is 0 Å². The van der Waals surface area contributed by atoms with Gasteiger partial charge in [-0.3, -0.25) is 14.5 Å². The van der Waals surface area contributed by atoms with Crippen LogP contribution < -0.4 is 4.90 Å². The number of nitrogens with zero attached hydrogens (tertiary/aromatic N) is 2. The number of aryl methyl sites for hydroxylation is 1. The van der Waals surface area contributed by atoms with Gasteiger partial charge in [-0.15, -0.1) is 0 Å². The van der Waals surface area contributed by atoms with Crippen molar-refractivity contribution in [3.63, 3.8) is 0 Å². The highest BCUT2D eigenvalue weighted by Gasteiger charge is 2.48. The maximum absolute atomic E-state index is 13.2. The molecule has 0 bridgehead atoms. The minimum absolute atomic E-state index is 0.0899. The molecule has 2 aromatic carbocycles. The molecule has 3 aromatic rings. The molecule has 0 saturated carbocycles. The number of aliphatic hydroxyl groups excluding tert-OH is 1. The van der Waals surface area contributed by atoms with Crippen molar-refractivity contribution in [2.75, 3.05) is 12.0 Å². The number of aromatic nitrogens is 1. The molecule has 1 aliphatic heterocycles. The number of anilines is 1. The fourth-order valence-corrected chi connectivity index (χ4v) is 5.11. The van der Waals surface area contributed by atoms with Gasteiger partial charge in [0, 0.05) is 15.1 Å². The van der Waals surface area contributed by atoms with E-state index >= 15 is 0 Å². The van der Waals surface area contributed by atoms with Crippen molar-refractivity contribution in [2.45, 2.75) is 13.0 Å². The van der Waals surface area contributed by atoms with E-state index < -0.39 is 23.7 Å². The van der Waals surface area contributed by atoms with Crippen LogP contribution >= 0.6 is 38.9 Å². The molecule has 0 unspecified atom stereocenters. The van der Waals surface area contributed by atoms with E-state index in [2.05, 4.69) is 20.9 Å². The molecule has 33 heavy (non-hydrogen) atoms. The van der Waals surface area contributed by atoms with Crippen molar-refractivity contribution in [1.82, 2.24) is 4.98 Å². The van der Waals surface area contributed by atoms with Crippen LogP contribution in [0.1, 0.15) is 32.5 Å². The number of methoxy groups -OCH3 is 1. The summed E-state index contributed by atoms with van der Waals surface area (Å²) in [6.45, 7) is 1.62. The highest BCUT2D eigenvalue weighted by atomic mass is 79.9. The highest BCUT2D eigenvalue weighted by Crippen LogP contribution is 2.44. The number of carbonyl (C=O) groups is 3. The van der Waals surface area contributed by atoms with Crippen LogP contribution in [0.25, 0.3) is 5.76 Å². The van der Waals surface area contributed by atoms with Gasteiger partial charge < -0.3 is 9.84 Å². The van der Waals surface area contributed by atoms with Gasteiger partial charge in [0.05, 0.1) is 24.4 Å². The molecule has 7 nitrogen and oxygen atoms in total. The number of hydrogen-bond donors (Lipinski definition) is 1. The second-order valence-electron chi connectivity index (χ2n) is 7.13. The fourth-order valence-electron chi connectivity index (χ4n) is 3.55. The topological polar surface area (TPSA) is 96.8 Å². The lowest BCUT2D eigenvalue weighted by molar-refractivity contribution is -0.132. The highest BCUT2D eigenvalue weighted by molar-refractivity contribution is 9.10. The molecule has 1 atom stereocenters. The molecule has 1 aliphatic rings. The summed E-state index contributed by atoms with van der Waals surface area (Å²) >= 11 is 10.3. The lowest BCUT2D eigenvalue weighted by Crippen LogP contribution is -2.29. The Kier molecular flexibility index (Phi) is 6.38.